The van der Waals surface area contributed by atoms with Gasteiger partial charge in [0, 0.05) is 18.1 Å². The molecule has 0 spiro atoms. The normalized spacial score (nSPS) is 11.1. The summed E-state index contributed by atoms with van der Waals surface area (Å²) in [4.78, 5) is 8.00. The van der Waals surface area contributed by atoms with E-state index in [-0.39, 0.29) is 4.90 Å². The van der Waals surface area contributed by atoms with Crippen LogP contribution in [-0.2, 0) is 10.0 Å². The van der Waals surface area contributed by atoms with E-state index < -0.39 is 10.0 Å². The Kier molecular flexibility index (Phi) is 3.03. The molecule has 6 nitrogen and oxygen atoms in total. The van der Waals surface area contributed by atoms with Crippen molar-refractivity contribution in [1.82, 2.24) is 9.97 Å². The second-order valence-corrected chi connectivity index (χ2v) is 4.85. The highest BCUT2D eigenvalue weighted by Gasteiger charge is 2.06. The molecule has 0 amide bonds. The van der Waals surface area contributed by atoms with E-state index in [2.05, 4.69) is 15.3 Å². The monoisotopic (exact) mass is 250 g/mol. The summed E-state index contributed by atoms with van der Waals surface area (Å²) in [5, 5.41) is 7.96. The van der Waals surface area contributed by atoms with Crippen molar-refractivity contribution < 1.29 is 8.42 Å². The van der Waals surface area contributed by atoms with Crippen LogP contribution in [0.3, 0.4) is 0 Å². The fourth-order valence-electron chi connectivity index (χ4n) is 1.24. The van der Waals surface area contributed by atoms with Crippen LogP contribution in [0.15, 0.2) is 47.8 Å². The second-order valence-electron chi connectivity index (χ2n) is 3.29. The van der Waals surface area contributed by atoms with Crippen LogP contribution < -0.4 is 10.5 Å². The molecule has 0 saturated heterocycles. The lowest BCUT2D eigenvalue weighted by atomic mass is 10.3. The minimum Gasteiger partial charge on any atom is -0.339 e. The first-order chi connectivity index (χ1) is 8.05. The van der Waals surface area contributed by atoms with Gasteiger partial charge in [-0.15, -0.1) is 0 Å². The molecule has 1 aromatic carbocycles. The van der Waals surface area contributed by atoms with Crippen LogP contribution in [-0.4, -0.2) is 18.4 Å². The van der Waals surface area contributed by atoms with E-state index in [0.717, 1.165) is 0 Å². The van der Waals surface area contributed by atoms with Crippen LogP contribution in [0.25, 0.3) is 0 Å². The summed E-state index contributed by atoms with van der Waals surface area (Å²) in [6.45, 7) is 0. The van der Waals surface area contributed by atoms with Gasteiger partial charge in [-0.2, -0.15) is 0 Å². The first-order valence-corrected chi connectivity index (χ1v) is 6.26. The summed E-state index contributed by atoms with van der Waals surface area (Å²) in [5.74, 6) is 0.579. The lowest BCUT2D eigenvalue weighted by molar-refractivity contribution is 0.598. The Bertz CT molecular complexity index is 596. The third-order valence-electron chi connectivity index (χ3n) is 2.02. The molecule has 0 bridgehead atoms. The SMILES string of the molecule is NS(=O)(=O)c1ccc(Nc2cnccn2)cc1. The van der Waals surface area contributed by atoms with E-state index >= 15 is 0 Å². The van der Waals surface area contributed by atoms with Gasteiger partial charge in [0.15, 0.2) is 0 Å². The van der Waals surface area contributed by atoms with Gasteiger partial charge in [-0.3, -0.25) is 4.98 Å². The Morgan fingerprint density at radius 3 is 2.35 bits per heavy atom. The molecule has 1 heterocycles. The first kappa shape index (κ1) is 11.5. The fraction of sp³-hybridized carbons (Fsp3) is 0. The lowest BCUT2D eigenvalue weighted by Gasteiger charge is -2.05. The number of nitrogens with two attached hydrogens (primary N) is 1. The number of anilines is 2. The molecular weight excluding hydrogens is 240 g/mol. The summed E-state index contributed by atoms with van der Waals surface area (Å²) in [6, 6.07) is 6.06. The second kappa shape index (κ2) is 4.48. The molecule has 0 aliphatic carbocycles. The third-order valence-corrected chi connectivity index (χ3v) is 2.95. The maximum Gasteiger partial charge on any atom is 0.238 e. The maximum atomic E-state index is 11.0. The van der Waals surface area contributed by atoms with Gasteiger partial charge in [0.1, 0.15) is 5.82 Å². The average Bonchev–Trinajstić information content (AvgIpc) is 2.30. The number of nitrogens with one attached hydrogen (secondary N) is 1. The standard InChI is InChI=1S/C10H10N4O2S/c11-17(15,16)9-3-1-8(2-4-9)14-10-7-12-5-6-13-10/h1-7H,(H,13,14)(H2,11,15,16). The van der Waals surface area contributed by atoms with Crippen LogP contribution in [0, 0.1) is 0 Å². The Morgan fingerprint density at radius 2 is 1.82 bits per heavy atom. The summed E-state index contributed by atoms with van der Waals surface area (Å²) in [6.07, 6.45) is 4.68. The summed E-state index contributed by atoms with van der Waals surface area (Å²) in [5.41, 5.74) is 0.706. The van der Waals surface area contributed by atoms with Gasteiger partial charge in [-0.1, -0.05) is 0 Å². The van der Waals surface area contributed by atoms with Crippen LogP contribution in [0.1, 0.15) is 0 Å². The predicted octanol–water partition coefficient (Wildman–Crippen LogP) is 0.868. The molecule has 17 heavy (non-hydrogen) atoms. The van der Waals surface area contributed by atoms with Crippen molar-refractivity contribution in [2.45, 2.75) is 4.90 Å². The summed E-state index contributed by atoms with van der Waals surface area (Å²) >= 11 is 0. The number of aromatic nitrogens is 2. The van der Waals surface area contributed by atoms with Crippen molar-refractivity contribution in [3.05, 3.63) is 42.9 Å². The van der Waals surface area contributed by atoms with Gasteiger partial charge >= 0.3 is 0 Å². The molecule has 0 fully saturated rings. The van der Waals surface area contributed by atoms with Crippen molar-refractivity contribution in [2.24, 2.45) is 5.14 Å². The fourth-order valence-corrected chi connectivity index (χ4v) is 1.75. The lowest BCUT2D eigenvalue weighted by Crippen LogP contribution is -2.11. The largest absolute Gasteiger partial charge is 0.339 e. The Morgan fingerprint density at radius 1 is 1.12 bits per heavy atom. The summed E-state index contributed by atoms with van der Waals surface area (Å²) < 4.78 is 22.1. The van der Waals surface area contributed by atoms with Crippen molar-refractivity contribution in [1.29, 1.82) is 0 Å². The van der Waals surface area contributed by atoms with E-state index in [0.29, 0.717) is 11.5 Å². The minimum absolute atomic E-state index is 0.0715. The van der Waals surface area contributed by atoms with E-state index in [1.54, 1.807) is 30.7 Å². The zero-order valence-corrected chi connectivity index (χ0v) is 9.55. The van der Waals surface area contributed by atoms with Crippen molar-refractivity contribution in [2.75, 3.05) is 5.32 Å². The number of primary sulfonamides is 1. The average molecular weight is 250 g/mol. The number of benzene rings is 1. The molecule has 0 aliphatic heterocycles. The van der Waals surface area contributed by atoms with Crippen LogP contribution in [0.2, 0.25) is 0 Å². The van der Waals surface area contributed by atoms with Gasteiger partial charge in [-0.25, -0.2) is 18.5 Å². The smallest absolute Gasteiger partial charge is 0.238 e. The molecule has 0 saturated carbocycles. The Labute approximate surface area is 98.6 Å². The number of rotatable bonds is 3. The van der Waals surface area contributed by atoms with Crippen molar-refractivity contribution >= 4 is 21.5 Å². The number of hydrogen-bond acceptors (Lipinski definition) is 5. The van der Waals surface area contributed by atoms with Gasteiger partial charge in [-0.05, 0) is 24.3 Å². The van der Waals surface area contributed by atoms with Crippen LogP contribution in [0.4, 0.5) is 11.5 Å². The van der Waals surface area contributed by atoms with Crippen LogP contribution in [0.5, 0.6) is 0 Å². The van der Waals surface area contributed by atoms with Gasteiger partial charge in [0.25, 0.3) is 0 Å². The molecule has 7 heteroatoms. The molecule has 0 radical (unpaired) electrons. The molecule has 1 aromatic heterocycles. The molecule has 0 atom stereocenters. The molecule has 0 unspecified atom stereocenters. The molecule has 0 aliphatic rings. The molecule has 2 rings (SSSR count). The number of nitrogens with zero attached hydrogens (tertiary/aromatic N) is 2. The highest BCUT2D eigenvalue weighted by atomic mass is 32.2. The number of hydrogen-bond donors (Lipinski definition) is 2. The van der Waals surface area contributed by atoms with E-state index in [1.165, 1.54) is 12.1 Å². The minimum atomic E-state index is -3.65. The summed E-state index contributed by atoms with van der Waals surface area (Å²) in [7, 11) is -3.65. The van der Waals surface area contributed by atoms with Gasteiger partial charge < -0.3 is 5.32 Å². The van der Waals surface area contributed by atoms with Crippen molar-refractivity contribution in [3.63, 3.8) is 0 Å². The maximum absolute atomic E-state index is 11.0. The van der Waals surface area contributed by atoms with Crippen LogP contribution >= 0.6 is 0 Å². The molecule has 88 valence electrons. The quantitative estimate of drug-likeness (QED) is 0.842. The topological polar surface area (TPSA) is 98.0 Å². The molecule has 2 aromatic rings. The zero-order valence-electron chi connectivity index (χ0n) is 8.74. The third kappa shape index (κ3) is 2.99. The van der Waals surface area contributed by atoms with Gasteiger partial charge in [0.05, 0.1) is 11.1 Å². The van der Waals surface area contributed by atoms with Gasteiger partial charge in [0.2, 0.25) is 10.0 Å². The predicted molar refractivity (Wildman–Crippen MR) is 63.1 cm³/mol. The Balaban J connectivity index is 2.20. The van der Waals surface area contributed by atoms with E-state index in [1.807, 2.05) is 0 Å². The Hall–Kier alpha value is -1.99. The molecular formula is C10H10N4O2S. The highest BCUT2D eigenvalue weighted by molar-refractivity contribution is 7.89. The van der Waals surface area contributed by atoms with E-state index in [9.17, 15) is 8.42 Å². The highest BCUT2D eigenvalue weighted by Crippen LogP contribution is 2.15. The zero-order chi connectivity index (χ0) is 12.3. The van der Waals surface area contributed by atoms with Crippen molar-refractivity contribution in [3.8, 4) is 0 Å². The molecule has 3 N–H and O–H groups in total. The number of sulfonamides is 1. The first-order valence-electron chi connectivity index (χ1n) is 4.71. The van der Waals surface area contributed by atoms with E-state index in [4.69, 9.17) is 5.14 Å².